The molecule has 10 nitrogen and oxygen atoms in total. The second-order valence-corrected chi connectivity index (χ2v) is 5.17. The fraction of sp³-hybridized carbons (Fsp3) is 0.938. The van der Waals surface area contributed by atoms with Crippen LogP contribution in [-0.2, 0) is 4.79 Å². The molecule has 0 radical (unpaired) electrons. The summed E-state index contributed by atoms with van der Waals surface area (Å²) in [6.45, 7) is 5.20. The van der Waals surface area contributed by atoms with E-state index >= 15 is 0 Å². The van der Waals surface area contributed by atoms with E-state index in [-0.39, 0.29) is 11.6 Å². The molecule has 0 aliphatic carbocycles. The van der Waals surface area contributed by atoms with Crippen LogP contribution in [0.25, 0.3) is 0 Å². The molecule has 0 rings (SSSR count). The predicted octanol–water partition coefficient (Wildman–Crippen LogP) is 1.89. The second kappa shape index (κ2) is 43.9. The highest BCUT2D eigenvalue weighted by molar-refractivity contribution is 5.48. The highest BCUT2D eigenvalue weighted by atomic mass is 17.0. The van der Waals surface area contributed by atoms with Crippen molar-refractivity contribution in [3.8, 4) is 0 Å². The quantitative estimate of drug-likeness (QED) is 0.124. The minimum atomic E-state index is 0. The maximum Gasteiger partial charge on any atom is 0.119 e. The third kappa shape index (κ3) is 38.5. The minimum Gasteiger partial charge on any atom is -0.412 e. The number of nitrogens with two attached hydrogens (primary N) is 1. The summed E-state index contributed by atoms with van der Waals surface area (Å²) in [5.41, 5.74) is 5.38. The summed E-state index contributed by atoms with van der Waals surface area (Å²) in [4.78, 5) is 23.9. The van der Waals surface area contributed by atoms with Crippen LogP contribution >= 0.6 is 0 Å². The van der Waals surface area contributed by atoms with Gasteiger partial charge in [0.15, 0.2) is 0 Å². The van der Waals surface area contributed by atoms with Gasteiger partial charge < -0.3 is 32.8 Å². The molecule has 0 amide bonds. The van der Waals surface area contributed by atoms with Gasteiger partial charge in [-0.1, -0.05) is 20.3 Å². The average Bonchev–Trinajstić information content (AvgIpc) is 2.66. The van der Waals surface area contributed by atoms with E-state index in [1.807, 2.05) is 14.1 Å². The van der Waals surface area contributed by atoms with Gasteiger partial charge in [0.1, 0.15) is 6.29 Å². The normalized spacial score (nSPS) is 10.6. The summed E-state index contributed by atoms with van der Waals surface area (Å²) >= 11 is 0. The Kier molecular flexibility index (Phi) is 67.4. The van der Waals surface area contributed by atoms with Gasteiger partial charge in [-0.05, 0) is 59.2 Å². The molecule has 0 aromatic carbocycles. The Morgan fingerprint density at radius 1 is 0.923 bits per heavy atom. The van der Waals surface area contributed by atoms with Gasteiger partial charge in [0.25, 0.3) is 0 Å². The summed E-state index contributed by atoms with van der Waals surface area (Å²) in [6, 6.07) is 1.30. The third-order valence-corrected chi connectivity index (χ3v) is 3.68. The fourth-order valence-corrected chi connectivity index (χ4v) is 2.09. The van der Waals surface area contributed by atoms with Crippen molar-refractivity contribution in [1.82, 2.24) is 16.8 Å². The average molecular weight is 389 g/mol. The third-order valence-electron chi connectivity index (χ3n) is 3.68. The van der Waals surface area contributed by atoms with Crippen LogP contribution in [0.15, 0.2) is 0 Å². The number of rotatable bonds is 12. The zero-order valence-electron chi connectivity index (χ0n) is 17.0. The Labute approximate surface area is 158 Å². The molecule has 11 N–H and O–H groups in total. The number of unbranched alkanes of at least 4 members (excludes halogenated alkanes) is 2. The largest absolute Gasteiger partial charge is 0.412 e. The number of carbonyl (C=O) groups is 1. The highest BCUT2D eigenvalue weighted by Crippen LogP contribution is 2.02. The molecule has 2 unspecified atom stereocenters. The standard InChI is InChI=1S/C8H20N2.C8H17NO.H3N.H2O2.O2.H2O/c1-3-8(10-2)6-4-5-7-9;1-3-8(9-2)6-4-5-7-10;;2*1-2;/h8,10H,3-7,9H2,1-2H3;7-9H,3-6H2,1-2H3;1H3;1-2H;;1H2. The van der Waals surface area contributed by atoms with Crippen molar-refractivity contribution in [2.24, 2.45) is 5.73 Å². The molecule has 0 saturated heterocycles. The number of aldehydes is 1. The molecule has 0 aromatic heterocycles. The molecular weight excluding hydrogens is 344 g/mol. The number of hydrogen-bond donors (Lipinski definition) is 6. The van der Waals surface area contributed by atoms with E-state index in [0.29, 0.717) is 18.5 Å². The first kappa shape index (κ1) is 39.9. The predicted molar refractivity (Wildman–Crippen MR) is 110 cm³/mol. The van der Waals surface area contributed by atoms with Crippen molar-refractivity contribution < 1.29 is 20.8 Å². The minimum absolute atomic E-state index is 0. The highest BCUT2D eigenvalue weighted by Gasteiger charge is 2.00. The molecule has 0 aliphatic rings. The van der Waals surface area contributed by atoms with Crippen LogP contribution in [0.2, 0.25) is 0 Å². The Balaban J connectivity index is -0.0000000604. The van der Waals surface area contributed by atoms with E-state index < -0.39 is 0 Å². The van der Waals surface area contributed by atoms with E-state index in [9.17, 15) is 4.79 Å². The molecule has 0 bridgehead atoms. The van der Waals surface area contributed by atoms with E-state index in [0.717, 1.165) is 38.5 Å². The van der Waals surface area contributed by atoms with Crippen LogP contribution in [0, 0.1) is 9.93 Å². The van der Waals surface area contributed by atoms with E-state index in [1.165, 1.54) is 19.3 Å². The second-order valence-electron chi connectivity index (χ2n) is 5.17. The summed E-state index contributed by atoms with van der Waals surface area (Å²) in [5.74, 6) is 0. The molecule has 10 heteroatoms. The van der Waals surface area contributed by atoms with Gasteiger partial charge in [0.05, 0.1) is 0 Å². The Bertz CT molecular complexity index is 209. The molecule has 26 heavy (non-hydrogen) atoms. The van der Waals surface area contributed by atoms with Crippen molar-refractivity contribution in [1.29, 1.82) is 0 Å². The van der Waals surface area contributed by atoms with Gasteiger partial charge in [-0.15, -0.1) is 0 Å². The van der Waals surface area contributed by atoms with Gasteiger partial charge in [0, 0.05) is 28.4 Å². The Morgan fingerprint density at radius 3 is 1.58 bits per heavy atom. The van der Waals surface area contributed by atoms with Gasteiger partial charge in [-0.3, -0.25) is 10.5 Å². The smallest absolute Gasteiger partial charge is 0.119 e. The van der Waals surface area contributed by atoms with Crippen LogP contribution < -0.4 is 22.5 Å². The topological polar surface area (TPSA) is 208 Å². The van der Waals surface area contributed by atoms with Crippen molar-refractivity contribution in [3.63, 3.8) is 0 Å². The zero-order chi connectivity index (χ0) is 19.6. The van der Waals surface area contributed by atoms with Crippen LogP contribution in [0.1, 0.15) is 65.2 Å². The molecule has 0 aromatic rings. The Morgan fingerprint density at radius 2 is 1.31 bits per heavy atom. The number of carbonyl (C=O) groups excluding carboxylic acids is 1. The fourth-order valence-electron chi connectivity index (χ4n) is 2.09. The first-order chi connectivity index (χ1) is 11.7. The van der Waals surface area contributed by atoms with Crippen molar-refractivity contribution in [3.05, 3.63) is 9.93 Å². The molecule has 0 heterocycles. The lowest BCUT2D eigenvalue weighted by Crippen LogP contribution is -2.24. The monoisotopic (exact) mass is 388 g/mol. The molecule has 0 aliphatic heterocycles. The van der Waals surface area contributed by atoms with Gasteiger partial charge >= 0.3 is 0 Å². The summed E-state index contributed by atoms with van der Waals surface area (Å²) in [5, 5.41) is 18.5. The summed E-state index contributed by atoms with van der Waals surface area (Å²) < 4.78 is 0. The van der Waals surface area contributed by atoms with Crippen molar-refractivity contribution in [2.45, 2.75) is 77.3 Å². The molecule has 164 valence electrons. The van der Waals surface area contributed by atoms with E-state index in [4.69, 9.17) is 26.2 Å². The molecule has 0 fully saturated rings. The van der Waals surface area contributed by atoms with E-state index in [2.05, 4.69) is 24.5 Å². The van der Waals surface area contributed by atoms with Gasteiger partial charge in [-0.25, -0.2) is 0 Å². The number of nitrogens with one attached hydrogen (secondary N) is 2. The van der Waals surface area contributed by atoms with Crippen molar-refractivity contribution in [2.75, 3.05) is 20.6 Å². The zero-order valence-corrected chi connectivity index (χ0v) is 17.0. The molecule has 0 saturated carbocycles. The SMILES string of the molecule is CCC(CCCC=O)NC.CCC(CCCCN)NC.N.O.O=O.OO. The van der Waals surface area contributed by atoms with Crippen molar-refractivity contribution >= 4 is 6.29 Å². The summed E-state index contributed by atoms with van der Waals surface area (Å²) in [6.07, 6.45) is 9.89. The molecular formula is C16H44N4O6. The van der Waals surface area contributed by atoms with Crippen LogP contribution in [0.4, 0.5) is 0 Å². The van der Waals surface area contributed by atoms with Gasteiger partial charge in [0.2, 0.25) is 0 Å². The maximum atomic E-state index is 9.94. The lowest BCUT2D eigenvalue weighted by Gasteiger charge is -2.12. The summed E-state index contributed by atoms with van der Waals surface area (Å²) in [7, 11) is 3.99. The Hall–Kier alpha value is -1.01. The number of hydrogen-bond acceptors (Lipinski definition) is 9. The first-order valence-electron chi connectivity index (χ1n) is 8.54. The van der Waals surface area contributed by atoms with Crippen LogP contribution in [0.3, 0.4) is 0 Å². The molecule has 2 atom stereocenters. The lowest BCUT2D eigenvalue weighted by atomic mass is 10.1. The first-order valence-corrected chi connectivity index (χ1v) is 8.54. The van der Waals surface area contributed by atoms with Gasteiger partial charge in [-0.2, -0.15) is 0 Å². The van der Waals surface area contributed by atoms with Crippen LogP contribution in [-0.4, -0.2) is 55.0 Å². The maximum absolute atomic E-state index is 9.94. The molecule has 0 spiro atoms. The van der Waals surface area contributed by atoms with E-state index in [1.54, 1.807) is 0 Å². The van der Waals surface area contributed by atoms with Crippen LogP contribution in [0.5, 0.6) is 0 Å². The lowest BCUT2D eigenvalue weighted by molar-refractivity contribution is -0.176.